The third-order valence-electron chi connectivity index (χ3n) is 4.88. The van der Waals surface area contributed by atoms with Gasteiger partial charge < -0.3 is 10.1 Å². The molecule has 1 N–H and O–H groups in total. The third kappa shape index (κ3) is 4.40. The molecule has 1 aliphatic rings. The molecule has 2 aromatic rings. The minimum absolute atomic E-state index is 0.113. The second-order valence-electron chi connectivity index (χ2n) is 7.28. The molecule has 0 bridgehead atoms. The standard InChI is InChI=1S/C23H24N2O5/c1-4-5-11-25-21(27)18-10-9-16(13-19(18)22(25)28)23(29)30-15(3)20(26)24-17-8-6-7-14(2)12-17/h6-10,12-13,15H,4-5,11H2,1-3H3,(H,24,26)/t15-/m1/s1. The van der Waals surface area contributed by atoms with Crippen molar-refractivity contribution in [1.29, 1.82) is 0 Å². The molecule has 30 heavy (non-hydrogen) atoms. The van der Waals surface area contributed by atoms with E-state index < -0.39 is 23.9 Å². The first-order chi connectivity index (χ1) is 14.3. The second-order valence-corrected chi connectivity index (χ2v) is 7.28. The lowest BCUT2D eigenvalue weighted by Gasteiger charge is -2.14. The summed E-state index contributed by atoms with van der Waals surface area (Å²) >= 11 is 0. The van der Waals surface area contributed by atoms with E-state index in [1.54, 1.807) is 12.1 Å². The highest BCUT2D eigenvalue weighted by Gasteiger charge is 2.35. The first-order valence-electron chi connectivity index (χ1n) is 9.90. The van der Waals surface area contributed by atoms with Gasteiger partial charge >= 0.3 is 5.97 Å². The molecule has 0 unspecified atom stereocenters. The summed E-state index contributed by atoms with van der Waals surface area (Å²) in [4.78, 5) is 50.9. The summed E-state index contributed by atoms with van der Waals surface area (Å²) in [5.74, 6) is -1.97. The number of hydrogen-bond donors (Lipinski definition) is 1. The van der Waals surface area contributed by atoms with Crippen LogP contribution >= 0.6 is 0 Å². The van der Waals surface area contributed by atoms with Gasteiger partial charge in [0.05, 0.1) is 16.7 Å². The number of imide groups is 1. The van der Waals surface area contributed by atoms with Gasteiger partial charge in [0.2, 0.25) is 0 Å². The number of fused-ring (bicyclic) bond motifs is 1. The number of anilines is 1. The Morgan fingerprint density at radius 3 is 2.50 bits per heavy atom. The fourth-order valence-corrected chi connectivity index (χ4v) is 3.19. The number of carbonyl (C=O) groups is 4. The maximum atomic E-state index is 12.5. The number of nitrogens with zero attached hydrogens (tertiary/aromatic N) is 1. The van der Waals surface area contributed by atoms with Crippen molar-refractivity contribution in [2.45, 2.75) is 39.7 Å². The van der Waals surface area contributed by atoms with Crippen LogP contribution < -0.4 is 5.32 Å². The second kappa shape index (κ2) is 8.90. The average Bonchev–Trinajstić information content (AvgIpc) is 2.96. The Hall–Kier alpha value is -3.48. The summed E-state index contributed by atoms with van der Waals surface area (Å²) in [5, 5.41) is 2.70. The van der Waals surface area contributed by atoms with Gasteiger partial charge in [-0.15, -0.1) is 0 Å². The molecular formula is C23H24N2O5. The van der Waals surface area contributed by atoms with Crippen molar-refractivity contribution in [2.24, 2.45) is 0 Å². The van der Waals surface area contributed by atoms with Gasteiger partial charge in [-0.2, -0.15) is 0 Å². The molecular weight excluding hydrogens is 384 g/mol. The zero-order chi connectivity index (χ0) is 21.8. The van der Waals surface area contributed by atoms with Crippen LogP contribution in [-0.4, -0.2) is 41.2 Å². The number of rotatable bonds is 7. The lowest BCUT2D eigenvalue weighted by Crippen LogP contribution is -2.30. The van der Waals surface area contributed by atoms with Crippen molar-refractivity contribution in [1.82, 2.24) is 4.90 Å². The molecule has 1 heterocycles. The van der Waals surface area contributed by atoms with Crippen LogP contribution in [0.2, 0.25) is 0 Å². The number of amides is 3. The largest absolute Gasteiger partial charge is 0.449 e. The molecule has 7 heteroatoms. The summed E-state index contributed by atoms with van der Waals surface area (Å²) < 4.78 is 5.25. The van der Waals surface area contributed by atoms with E-state index in [0.29, 0.717) is 18.7 Å². The molecule has 0 spiro atoms. The van der Waals surface area contributed by atoms with E-state index in [1.807, 2.05) is 26.0 Å². The quantitative estimate of drug-likeness (QED) is 0.558. The van der Waals surface area contributed by atoms with Gasteiger partial charge in [-0.05, 0) is 56.2 Å². The minimum atomic E-state index is -1.04. The fraction of sp³-hybridized carbons (Fsp3) is 0.304. The molecule has 3 rings (SSSR count). The number of aryl methyl sites for hydroxylation is 1. The summed E-state index contributed by atoms with van der Waals surface area (Å²) in [6.45, 7) is 5.70. The topological polar surface area (TPSA) is 92.8 Å². The highest BCUT2D eigenvalue weighted by molar-refractivity contribution is 6.22. The number of carbonyl (C=O) groups excluding carboxylic acids is 4. The first kappa shape index (κ1) is 21.2. The molecule has 7 nitrogen and oxygen atoms in total. The lowest BCUT2D eigenvalue weighted by atomic mass is 10.1. The SMILES string of the molecule is CCCCN1C(=O)c2ccc(C(=O)O[C@H](C)C(=O)Nc3cccc(C)c3)cc2C1=O. The van der Waals surface area contributed by atoms with Gasteiger partial charge in [0.1, 0.15) is 0 Å². The van der Waals surface area contributed by atoms with E-state index in [9.17, 15) is 19.2 Å². The van der Waals surface area contributed by atoms with Crippen molar-refractivity contribution in [2.75, 3.05) is 11.9 Å². The van der Waals surface area contributed by atoms with Gasteiger partial charge in [0.25, 0.3) is 17.7 Å². The highest BCUT2D eigenvalue weighted by Crippen LogP contribution is 2.25. The van der Waals surface area contributed by atoms with Crippen LogP contribution in [0.5, 0.6) is 0 Å². The number of ether oxygens (including phenoxy) is 1. The lowest BCUT2D eigenvalue weighted by molar-refractivity contribution is -0.123. The van der Waals surface area contributed by atoms with Crippen LogP contribution in [0.4, 0.5) is 5.69 Å². The predicted octanol–water partition coefficient (Wildman–Crippen LogP) is 3.58. The molecule has 156 valence electrons. The fourth-order valence-electron chi connectivity index (χ4n) is 3.19. The van der Waals surface area contributed by atoms with Gasteiger partial charge in [0, 0.05) is 12.2 Å². The molecule has 2 aromatic carbocycles. The molecule has 0 aliphatic carbocycles. The zero-order valence-corrected chi connectivity index (χ0v) is 17.2. The number of benzene rings is 2. The third-order valence-corrected chi connectivity index (χ3v) is 4.88. The Labute approximate surface area is 175 Å². The van der Waals surface area contributed by atoms with Gasteiger partial charge in [0.15, 0.2) is 6.10 Å². The van der Waals surface area contributed by atoms with Crippen molar-refractivity contribution in [3.63, 3.8) is 0 Å². The molecule has 0 fully saturated rings. The number of hydrogen-bond acceptors (Lipinski definition) is 5. The molecule has 0 aromatic heterocycles. The van der Waals surface area contributed by atoms with E-state index in [4.69, 9.17) is 4.74 Å². The molecule has 0 saturated heterocycles. The van der Waals surface area contributed by atoms with Gasteiger partial charge in [-0.25, -0.2) is 4.79 Å². The van der Waals surface area contributed by atoms with Crippen LogP contribution in [0.3, 0.4) is 0 Å². The summed E-state index contributed by atoms with van der Waals surface area (Å²) in [6.07, 6.45) is 0.533. The zero-order valence-electron chi connectivity index (χ0n) is 17.2. The van der Waals surface area contributed by atoms with Crippen LogP contribution in [0.1, 0.15) is 63.3 Å². The number of nitrogens with one attached hydrogen (secondary N) is 1. The van der Waals surface area contributed by atoms with Crippen LogP contribution in [-0.2, 0) is 9.53 Å². The number of esters is 1. The Morgan fingerprint density at radius 1 is 1.07 bits per heavy atom. The maximum Gasteiger partial charge on any atom is 0.338 e. The van der Waals surface area contributed by atoms with Crippen molar-refractivity contribution in [3.05, 3.63) is 64.7 Å². The minimum Gasteiger partial charge on any atom is -0.449 e. The molecule has 0 radical (unpaired) electrons. The monoisotopic (exact) mass is 408 g/mol. The smallest absolute Gasteiger partial charge is 0.338 e. The molecule has 1 aliphatic heterocycles. The van der Waals surface area contributed by atoms with E-state index in [-0.39, 0.29) is 22.6 Å². The Balaban J connectivity index is 1.68. The van der Waals surface area contributed by atoms with Crippen LogP contribution in [0.15, 0.2) is 42.5 Å². The maximum absolute atomic E-state index is 12.5. The summed E-state index contributed by atoms with van der Waals surface area (Å²) in [6, 6.07) is 11.5. The van der Waals surface area contributed by atoms with Gasteiger partial charge in [-0.3, -0.25) is 19.3 Å². The Kier molecular flexibility index (Phi) is 6.30. The van der Waals surface area contributed by atoms with Crippen molar-refractivity contribution < 1.29 is 23.9 Å². The van der Waals surface area contributed by atoms with E-state index >= 15 is 0 Å². The number of unbranched alkanes of at least 4 members (excludes halogenated alkanes) is 1. The van der Waals surface area contributed by atoms with E-state index in [1.165, 1.54) is 30.0 Å². The summed E-state index contributed by atoms with van der Waals surface area (Å²) in [5.41, 5.74) is 2.17. The predicted molar refractivity (Wildman–Crippen MR) is 111 cm³/mol. The average molecular weight is 408 g/mol. The molecule has 0 saturated carbocycles. The van der Waals surface area contributed by atoms with E-state index in [2.05, 4.69) is 5.32 Å². The molecule has 3 amide bonds. The van der Waals surface area contributed by atoms with Crippen molar-refractivity contribution >= 4 is 29.4 Å². The summed E-state index contributed by atoms with van der Waals surface area (Å²) in [7, 11) is 0. The highest BCUT2D eigenvalue weighted by atomic mass is 16.5. The Bertz CT molecular complexity index is 1010. The van der Waals surface area contributed by atoms with Crippen molar-refractivity contribution in [3.8, 4) is 0 Å². The first-order valence-corrected chi connectivity index (χ1v) is 9.90. The van der Waals surface area contributed by atoms with Crippen LogP contribution in [0, 0.1) is 6.92 Å². The molecule has 1 atom stereocenters. The normalized spacial score (nSPS) is 13.8. The van der Waals surface area contributed by atoms with Gasteiger partial charge in [-0.1, -0.05) is 25.5 Å². The Morgan fingerprint density at radius 2 is 1.80 bits per heavy atom. The van der Waals surface area contributed by atoms with Crippen LogP contribution in [0.25, 0.3) is 0 Å². The van der Waals surface area contributed by atoms with E-state index in [0.717, 1.165) is 12.0 Å².